The molecule has 7 heteroatoms. The molecule has 4 heterocycles. The van der Waals surface area contributed by atoms with Crippen molar-refractivity contribution in [1.82, 2.24) is 24.1 Å². The highest BCUT2D eigenvalue weighted by Gasteiger charge is 2.17. The summed E-state index contributed by atoms with van der Waals surface area (Å²) in [6, 6.07) is 3.98. The van der Waals surface area contributed by atoms with Crippen LogP contribution in [0.5, 0.6) is 0 Å². The van der Waals surface area contributed by atoms with Crippen LogP contribution in [0.1, 0.15) is 18.5 Å². The summed E-state index contributed by atoms with van der Waals surface area (Å²) in [5, 5.41) is 8.12. The fourth-order valence-electron chi connectivity index (χ4n) is 2.97. The maximum absolute atomic E-state index is 5.68. The van der Waals surface area contributed by atoms with Crippen LogP contribution in [0.15, 0.2) is 24.5 Å². The molecule has 1 aliphatic rings. The lowest BCUT2D eigenvalue weighted by atomic mass is 10.2. The van der Waals surface area contributed by atoms with Gasteiger partial charge in [-0.05, 0) is 19.8 Å². The van der Waals surface area contributed by atoms with Crippen LogP contribution in [0.25, 0.3) is 17.2 Å². The van der Waals surface area contributed by atoms with E-state index in [1.54, 1.807) is 6.20 Å². The highest BCUT2D eigenvalue weighted by Crippen LogP contribution is 2.21. The third-order valence-electron chi connectivity index (χ3n) is 4.14. The van der Waals surface area contributed by atoms with Crippen LogP contribution in [0, 0.1) is 6.92 Å². The quantitative estimate of drug-likeness (QED) is 0.798. The third kappa shape index (κ3) is 2.68. The molecule has 0 amide bonds. The van der Waals surface area contributed by atoms with E-state index in [9.17, 15) is 0 Å². The van der Waals surface area contributed by atoms with E-state index >= 15 is 0 Å². The van der Waals surface area contributed by atoms with E-state index in [0.717, 1.165) is 54.7 Å². The lowest BCUT2D eigenvalue weighted by molar-refractivity contribution is 0.120. The molecular weight excluding hydrogens is 292 g/mol. The Kier molecular flexibility index (Phi) is 3.49. The standard InChI is InChI=1S/C16H20N6O/c1-11-8-14(18-10-12-4-3-7-23-12)22-15(19-11)9-13(20-22)16-17-5-6-21(16)2/h5-6,8-9,12,18H,3-4,7,10H2,1-2H3/t12-/m0/s1. The first-order valence-corrected chi connectivity index (χ1v) is 7.91. The molecule has 7 nitrogen and oxygen atoms in total. The number of hydrogen-bond acceptors (Lipinski definition) is 5. The second-order valence-corrected chi connectivity index (χ2v) is 5.96. The molecule has 0 spiro atoms. The van der Waals surface area contributed by atoms with E-state index < -0.39 is 0 Å². The number of aryl methyl sites for hydroxylation is 2. The molecule has 1 fully saturated rings. The minimum atomic E-state index is 0.281. The molecule has 0 aliphatic carbocycles. The molecule has 4 rings (SSSR count). The van der Waals surface area contributed by atoms with Gasteiger partial charge in [0.05, 0.1) is 6.10 Å². The van der Waals surface area contributed by atoms with Crippen LogP contribution in [0.4, 0.5) is 5.82 Å². The second-order valence-electron chi connectivity index (χ2n) is 5.96. The second kappa shape index (κ2) is 5.66. The third-order valence-corrected chi connectivity index (χ3v) is 4.14. The lowest BCUT2D eigenvalue weighted by Gasteiger charge is -2.13. The van der Waals surface area contributed by atoms with Gasteiger partial charge in [0.2, 0.25) is 0 Å². The summed E-state index contributed by atoms with van der Waals surface area (Å²) < 4.78 is 9.47. The average Bonchev–Trinajstić information content (AvgIpc) is 3.23. The first-order valence-electron chi connectivity index (χ1n) is 7.91. The van der Waals surface area contributed by atoms with Crippen molar-refractivity contribution >= 4 is 11.5 Å². The van der Waals surface area contributed by atoms with Crippen molar-refractivity contribution in [2.24, 2.45) is 7.05 Å². The molecule has 0 saturated carbocycles. The number of rotatable bonds is 4. The Morgan fingerprint density at radius 1 is 1.39 bits per heavy atom. The molecule has 1 aliphatic heterocycles. The maximum Gasteiger partial charge on any atom is 0.160 e. The Morgan fingerprint density at radius 2 is 2.30 bits per heavy atom. The van der Waals surface area contributed by atoms with Crippen LogP contribution in [0.3, 0.4) is 0 Å². The zero-order chi connectivity index (χ0) is 15.8. The van der Waals surface area contributed by atoms with Crippen LogP contribution in [-0.2, 0) is 11.8 Å². The highest BCUT2D eigenvalue weighted by atomic mass is 16.5. The van der Waals surface area contributed by atoms with Crippen molar-refractivity contribution < 1.29 is 4.74 Å². The number of anilines is 1. The van der Waals surface area contributed by atoms with Crippen molar-refractivity contribution in [3.05, 3.63) is 30.2 Å². The number of fused-ring (bicyclic) bond motifs is 1. The Bertz CT molecular complexity index is 830. The molecule has 3 aromatic rings. The SMILES string of the molecule is Cc1cc(NC[C@@H]2CCCO2)n2nc(-c3nccn3C)cc2n1. The minimum Gasteiger partial charge on any atom is -0.376 e. The van der Waals surface area contributed by atoms with Crippen molar-refractivity contribution in [3.63, 3.8) is 0 Å². The van der Waals surface area contributed by atoms with Crippen LogP contribution >= 0.6 is 0 Å². The summed E-state index contributed by atoms with van der Waals surface area (Å²) in [5.41, 5.74) is 2.59. The molecule has 120 valence electrons. The highest BCUT2D eigenvalue weighted by molar-refractivity contribution is 5.61. The first kappa shape index (κ1) is 14.2. The van der Waals surface area contributed by atoms with Gasteiger partial charge < -0.3 is 14.6 Å². The fraction of sp³-hybridized carbons (Fsp3) is 0.438. The van der Waals surface area contributed by atoms with Gasteiger partial charge in [-0.15, -0.1) is 0 Å². The monoisotopic (exact) mass is 312 g/mol. The zero-order valence-electron chi connectivity index (χ0n) is 13.4. The van der Waals surface area contributed by atoms with Gasteiger partial charge in [-0.2, -0.15) is 9.61 Å². The molecule has 1 atom stereocenters. The van der Waals surface area contributed by atoms with E-state index in [1.165, 1.54) is 0 Å². The molecule has 23 heavy (non-hydrogen) atoms. The summed E-state index contributed by atoms with van der Waals surface area (Å²) >= 11 is 0. The molecule has 3 aromatic heterocycles. The van der Waals surface area contributed by atoms with E-state index in [4.69, 9.17) is 4.74 Å². The summed E-state index contributed by atoms with van der Waals surface area (Å²) in [4.78, 5) is 8.93. The van der Waals surface area contributed by atoms with Crippen LogP contribution in [-0.4, -0.2) is 43.4 Å². The van der Waals surface area contributed by atoms with Crippen molar-refractivity contribution in [2.45, 2.75) is 25.9 Å². The van der Waals surface area contributed by atoms with Crippen LogP contribution < -0.4 is 5.32 Å². The summed E-state index contributed by atoms with van der Waals surface area (Å²) in [6.07, 6.45) is 6.21. The summed E-state index contributed by atoms with van der Waals surface area (Å²) in [7, 11) is 1.96. The normalized spacial score (nSPS) is 17.9. The number of nitrogens with one attached hydrogen (secondary N) is 1. The topological polar surface area (TPSA) is 69.3 Å². The van der Waals surface area contributed by atoms with Crippen molar-refractivity contribution in [3.8, 4) is 11.5 Å². The predicted octanol–water partition coefficient (Wildman–Crippen LogP) is 2.03. The Labute approximate surface area is 134 Å². The van der Waals surface area contributed by atoms with Gasteiger partial charge in [0, 0.05) is 50.4 Å². The van der Waals surface area contributed by atoms with Gasteiger partial charge in [0.15, 0.2) is 11.5 Å². The summed E-state index contributed by atoms with van der Waals surface area (Å²) in [5.74, 6) is 1.77. The molecule has 1 saturated heterocycles. The fourth-order valence-corrected chi connectivity index (χ4v) is 2.97. The number of imidazole rings is 1. The number of ether oxygens (including phenoxy) is 1. The van der Waals surface area contributed by atoms with Crippen molar-refractivity contribution in [1.29, 1.82) is 0 Å². The van der Waals surface area contributed by atoms with E-state index in [1.807, 2.05) is 41.4 Å². The van der Waals surface area contributed by atoms with Gasteiger partial charge in [0.25, 0.3) is 0 Å². The predicted molar refractivity (Wildman–Crippen MR) is 87.4 cm³/mol. The van der Waals surface area contributed by atoms with Gasteiger partial charge in [-0.3, -0.25) is 0 Å². The Morgan fingerprint density at radius 3 is 3.04 bits per heavy atom. The smallest absolute Gasteiger partial charge is 0.160 e. The van der Waals surface area contributed by atoms with E-state index in [2.05, 4.69) is 20.4 Å². The van der Waals surface area contributed by atoms with Gasteiger partial charge >= 0.3 is 0 Å². The maximum atomic E-state index is 5.68. The van der Waals surface area contributed by atoms with Gasteiger partial charge in [-0.1, -0.05) is 0 Å². The Hall–Kier alpha value is -2.41. The van der Waals surface area contributed by atoms with Gasteiger partial charge in [0.1, 0.15) is 11.5 Å². The van der Waals surface area contributed by atoms with Crippen molar-refractivity contribution in [2.75, 3.05) is 18.5 Å². The zero-order valence-corrected chi connectivity index (χ0v) is 13.4. The molecule has 1 N–H and O–H groups in total. The molecule has 0 radical (unpaired) electrons. The molecule has 0 aromatic carbocycles. The number of aromatic nitrogens is 5. The molecule has 0 bridgehead atoms. The Balaban J connectivity index is 1.69. The average molecular weight is 312 g/mol. The number of nitrogens with zero attached hydrogens (tertiary/aromatic N) is 5. The minimum absolute atomic E-state index is 0.281. The van der Waals surface area contributed by atoms with E-state index in [0.29, 0.717) is 0 Å². The van der Waals surface area contributed by atoms with Gasteiger partial charge in [-0.25, -0.2) is 9.97 Å². The summed E-state index contributed by atoms with van der Waals surface area (Å²) in [6.45, 7) is 3.64. The van der Waals surface area contributed by atoms with E-state index in [-0.39, 0.29) is 6.10 Å². The number of hydrogen-bond donors (Lipinski definition) is 1. The largest absolute Gasteiger partial charge is 0.376 e. The van der Waals surface area contributed by atoms with Crippen LogP contribution in [0.2, 0.25) is 0 Å². The molecular formula is C16H20N6O. The first-order chi connectivity index (χ1) is 11.2. The lowest BCUT2D eigenvalue weighted by Crippen LogP contribution is -2.20. The molecule has 0 unspecified atom stereocenters.